The van der Waals surface area contributed by atoms with Gasteiger partial charge in [0.1, 0.15) is 5.15 Å². The third-order valence-electron chi connectivity index (χ3n) is 4.33. The monoisotopic (exact) mass is 316 g/mol. The Morgan fingerprint density at radius 2 is 1.95 bits per heavy atom. The van der Waals surface area contributed by atoms with Crippen LogP contribution >= 0.6 is 11.6 Å². The van der Waals surface area contributed by atoms with Crippen LogP contribution in [0.5, 0.6) is 0 Å². The minimum absolute atomic E-state index is 0.0663. The zero-order valence-corrected chi connectivity index (χ0v) is 12.7. The van der Waals surface area contributed by atoms with Crippen molar-refractivity contribution in [1.82, 2.24) is 9.78 Å². The minimum Gasteiger partial charge on any atom is -0.298 e. The van der Waals surface area contributed by atoms with E-state index in [2.05, 4.69) is 5.10 Å². The summed E-state index contributed by atoms with van der Waals surface area (Å²) in [5, 5.41) is 4.79. The summed E-state index contributed by atoms with van der Waals surface area (Å²) in [6.07, 6.45) is 5.61. The predicted molar refractivity (Wildman–Crippen MR) is 76.1 cm³/mol. The number of hydrogen-bond donors (Lipinski definition) is 0. The molecular weight excluding hydrogens is 300 g/mol. The van der Waals surface area contributed by atoms with E-state index in [1.165, 1.54) is 0 Å². The minimum atomic E-state index is -3.00. The summed E-state index contributed by atoms with van der Waals surface area (Å²) < 4.78 is 24.7. The van der Waals surface area contributed by atoms with E-state index < -0.39 is 9.84 Å². The first-order valence-corrected chi connectivity index (χ1v) is 9.15. The molecule has 110 valence electrons. The van der Waals surface area contributed by atoms with Gasteiger partial charge in [0.15, 0.2) is 16.1 Å². The van der Waals surface area contributed by atoms with E-state index in [9.17, 15) is 13.2 Å². The number of nitrogens with zero attached hydrogens (tertiary/aromatic N) is 2. The normalized spacial score (nSPS) is 26.1. The van der Waals surface area contributed by atoms with Crippen LogP contribution in [0.15, 0.2) is 0 Å². The first-order chi connectivity index (χ1) is 9.52. The number of carbonyl (C=O) groups is 1. The average molecular weight is 317 g/mol. The van der Waals surface area contributed by atoms with Gasteiger partial charge in [0.25, 0.3) is 0 Å². The van der Waals surface area contributed by atoms with E-state index in [0.717, 1.165) is 37.7 Å². The maximum absolute atomic E-state index is 11.6. The van der Waals surface area contributed by atoms with Crippen molar-refractivity contribution in [3.05, 3.63) is 16.4 Å². The number of sulfone groups is 1. The smallest absolute Gasteiger partial charge is 0.155 e. The van der Waals surface area contributed by atoms with Crippen molar-refractivity contribution in [2.75, 3.05) is 11.5 Å². The van der Waals surface area contributed by atoms with Gasteiger partial charge in [0.2, 0.25) is 0 Å². The number of hydrogen-bond acceptors (Lipinski definition) is 4. The summed E-state index contributed by atoms with van der Waals surface area (Å²) in [6, 6.07) is -0.235. The molecule has 1 saturated heterocycles. The topological polar surface area (TPSA) is 69.0 Å². The van der Waals surface area contributed by atoms with Crippen LogP contribution in [0.3, 0.4) is 0 Å². The lowest BCUT2D eigenvalue weighted by Crippen LogP contribution is -2.13. The second-order valence-corrected chi connectivity index (χ2v) is 8.28. The highest BCUT2D eigenvalue weighted by atomic mass is 35.5. The van der Waals surface area contributed by atoms with Gasteiger partial charge in [-0.3, -0.25) is 4.79 Å². The second-order valence-electron chi connectivity index (χ2n) is 5.69. The highest BCUT2D eigenvalue weighted by Crippen LogP contribution is 2.38. The van der Waals surface area contributed by atoms with Crippen molar-refractivity contribution in [1.29, 1.82) is 0 Å². The van der Waals surface area contributed by atoms with Crippen LogP contribution in [0.25, 0.3) is 0 Å². The highest BCUT2D eigenvalue weighted by Gasteiger charge is 2.34. The molecule has 0 radical (unpaired) electrons. The molecule has 1 aliphatic carbocycles. The predicted octanol–water partition coefficient (Wildman–Crippen LogP) is 2.37. The molecule has 2 fully saturated rings. The van der Waals surface area contributed by atoms with E-state index in [1.807, 2.05) is 0 Å². The third kappa shape index (κ3) is 2.39. The summed E-state index contributed by atoms with van der Waals surface area (Å²) in [4.78, 5) is 11.3. The lowest BCUT2D eigenvalue weighted by Gasteiger charge is -2.10. The van der Waals surface area contributed by atoms with Gasteiger partial charge in [-0.1, -0.05) is 24.4 Å². The Morgan fingerprint density at radius 1 is 1.25 bits per heavy atom. The fourth-order valence-corrected chi connectivity index (χ4v) is 5.27. The van der Waals surface area contributed by atoms with Gasteiger partial charge >= 0.3 is 0 Å². The molecule has 2 heterocycles. The Labute approximate surface area is 123 Å². The van der Waals surface area contributed by atoms with Gasteiger partial charge < -0.3 is 0 Å². The van der Waals surface area contributed by atoms with E-state index in [4.69, 9.17) is 11.6 Å². The highest BCUT2D eigenvalue weighted by molar-refractivity contribution is 7.91. The fraction of sp³-hybridized carbons (Fsp3) is 0.692. The van der Waals surface area contributed by atoms with Crippen molar-refractivity contribution in [2.24, 2.45) is 0 Å². The van der Waals surface area contributed by atoms with E-state index >= 15 is 0 Å². The number of carbonyl (C=O) groups excluding carboxylic acids is 1. The maximum Gasteiger partial charge on any atom is 0.155 e. The Balaban J connectivity index is 1.98. The number of halogens is 1. The van der Waals surface area contributed by atoms with Crippen LogP contribution in [0.2, 0.25) is 5.15 Å². The standard InChI is InChI=1S/C13H17ClN2O3S/c14-13-11(7-17)12(9-3-1-2-4-9)15-16(13)10-5-6-20(18,19)8-10/h7,9-10H,1-6,8H2. The molecule has 5 nitrogen and oxygen atoms in total. The number of aldehydes is 1. The zero-order valence-electron chi connectivity index (χ0n) is 11.1. The SMILES string of the molecule is O=Cc1c(C2CCCC2)nn(C2CCS(=O)(=O)C2)c1Cl. The van der Waals surface area contributed by atoms with Gasteiger partial charge in [-0.2, -0.15) is 5.10 Å². The first-order valence-electron chi connectivity index (χ1n) is 6.95. The van der Waals surface area contributed by atoms with E-state index in [1.54, 1.807) is 4.68 Å². The van der Waals surface area contributed by atoms with Crippen LogP contribution in [-0.2, 0) is 9.84 Å². The fourth-order valence-electron chi connectivity index (χ4n) is 3.26. The molecular formula is C13H17ClN2O3S. The quantitative estimate of drug-likeness (QED) is 0.803. The van der Waals surface area contributed by atoms with E-state index in [0.29, 0.717) is 17.1 Å². The Bertz CT molecular complexity index is 632. The molecule has 0 aromatic carbocycles. The average Bonchev–Trinajstić information content (AvgIpc) is 3.08. The van der Waals surface area contributed by atoms with Crippen LogP contribution in [-0.4, -0.2) is 36.0 Å². The third-order valence-corrected chi connectivity index (χ3v) is 6.46. The van der Waals surface area contributed by atoms with Gasteiger partial charge in [0, 0.05) is 5.92 Å². The second kappa shape index (κ2) is 5.15. The molecule has 7 heteroatoms. The lowest BCUT2D eigenvalue weighted by molar-refractivity contribution is 0.112. The van der Waals surface area contributed by atoms with Crippen LogP contribution < -0.4 is 0 Å². The molecule has 0 amide bonds. The molecule has 0 spiro atoms. The Morgan fingerprint density at radius 3 is 2.50 bits per heavy atom. The molecule has 1 aromatic heterocycles. The van der Waals surface area contributed by atoms with Gasteiger partial charge in [-0.05, 0) is 19.3 Å². The van der Waals surface area contributed by atoms with Gasteiger partial charge in [-0.25, -0.2) is 13.1 Å². The molecule has 3 rings (SSSR count). The lowest BCUT2D eigenvalue weighted by atomic mass is 10.0. The molecule has 1 aliphatic heterocycles. The Hall–Kier alpha value is -0.880. The molecule has 0 bridgehead atoms. The Kier molecular flexibility index (Phi) is 3.62. The number of aromatic nitrogens is 2. The van der Waals surface area contributed by atoms with Crippen LogP contribution in [0.1, 0.15) is 60.1 Å². The molecule has 1 unspecified atom stereocenters. The maximum atomic E-state index is 11.6. The summed E-state index contributed by atoms with van der Waals surface area (Å²) >= 11 is 6.26. The summed E-state index contributed by atoms with van der Waals surface area (Å²) in [7, 11) is -3.00. The first kappa shape index (κ1) is 14.1. The largest absolute Gasteiger partial charge is 0.298 e. The van der Waals surface area contributed by atoms with Crippen molar-refractivity contribution < 1.29 is 13.2 Å². The van der Waals surface area contributed by atoms with Crippen molar-refractivity contribution >= 4 is 27.7 Å². The molecule has 1 saturated carbocycles. The summed E-state index contributed by atoms with van der Waals surface area (Å²) in [6.45, 7) is 0. The number of rotatable bonds is 3. The van der Waals surface area contributed by atoms with Gasteiger partial charge in [0.05, 0.1) is 28.8 Å². The van der Waals surface area contributed by atoms with Gasteiger partial charge in [-0.15, -0.1) is 0 Å². The summed E-state index contributed by atoms with van der Waals surface area (Å²) in [5.41, 5.74) is 1.20. The molecule has 0 N–H and O–H groups in total. The van der Waals surface area contributed by atoms with Crippen LogP contribution in [0, 0.1) is 0 Å². The molecule has 1 aromatic rings. The van der Waals surface area contributed by atoms with E-state index in [-0.39, 0.29) is 23.5 Å². The molecule has 2 aliphatic rings. The summed E-state index contributed by atoms with van der Waals surface area (Å²) in [5.74, 6) is 0.520. The van der Waals surface area contributed by atoms with Crippen molar-refractivity contribution in [3.63, 3.8) is 0 Å². The van der Waals surface area contributed by atoms with Crippen LogP contribution in [0.4, 0.5) is 0 Å². The molecule has 20 heavy (non-hydrogen) atoms. The van der Waals surface area contributed by atoms with Crippen molar-refractivity contribution in [3.8, 4) is 0 Å². The van der Waals surface area contributed by atoms with Crippen molar-refractivity contribution in [2.45, 2.75) is 44.1 Å². The molecule has 1 atom stereocenters. The zero-order chi connectivity index (χ0) is 14.3.